The van der Waals surface area contributed by atoms with Crippen LogP contribution in [0.1, 0.15) is 22.3 Å². The predicted octanol–water partition coefficient (Wildman–Crippen LogP) is 3.16. The van der Waals surface area contributed by atoms with Crippen LogP contribution in [-0.2, 0) is 6.54 Å². The third-order valence-corrected chi connectivity index (χ3v) is 4.77. The van der Waals surface area contributed by atoms with Crippen molar-refractivity contribution in [1.82, 2.24) is 10.2 Å². The molecule has 0 radical (unpaired) electrons. The number of carbonyl (C=O) groups is 1. The minimum Gasteiger partial charge on any atom is -0.337 e. The van der Waals surface area contributed by atoms with Gasteiger partial charge in [-0.25, -0.2) is 0 Å². The van der Waals surface area contributed by atoms with E-state index in [9.17, 15) is 25.0 Å². The fraction of sp³-hybridized carbons (Fsp3) is 0.278. The summed E-state index contributed by atoms with van der Waals surface area (Å²) in [4.78, 5) is 34.8. The first-order valence-corrected chi connectivity index (χ1v) is 8.92. The molecule has 2 aromatic carbocycles. The molecule has 0 bridgehead atoms. The predicted molar refractivity (Wildman–Crippen MR) is 102 cm³/mol. The first-order valence-electron chi connectivity index (χ1n) is 8.54. The molecule has 0 spiro atoms. The van der Waals surface area contributed by atoms with Crippen molar-refractivity contribution in [2.45, 2.75) is 19.0 Å². The maximum atomic E-state index is 12.7. The molecule has 1 aliphatic rings. The topological polar surface area (TPSA) is 119 Å². The Morgan fingerprint density at radius 3 is 2.43 bits per heavy atom. The zero-order chi connectivity index (χ0) is 20.3. The number of nitrogens with zero attached hydrogens (tertiary/aromatic N) is 3. The second-order valence-electron chi connectivity index (χ2n) is 6.50. The number of rotatable bonds is 6. The Hall–Kier alpha value is -3.04. The van der Waals surface area contributed by atoms with Gasteiger partial charge in [0, 0.05) is 42.8 Å². The second-order valence-corrected chi connectivity index (χ2v) is 6.94. The molecule has 28 heavy (non-hydrogen) atoms. The van der Waals surface area contributed by atoms with Crippen LogP contribution in [0.3, 0.4) is 0 Å². The number of benzene rings is 2. The van der Waals surface area contributed by atoms with Crippen LogP contribution < -0.4 is 5.32 Å². The van der Waals surface area contributed by atoms with Crippen molar-refractivity contribution in [3.8, 4) is 0 Å². The third kappa shape index (κ3) is 4.62. The maximum absolute atomic E-state index is 12.7. The van der Waals surface area contributed by atoms with Gasteiger partial charge in [0.1, 0.15) is 0 Å². The summed E-state index contributed by atoms with van der Waals surface area (Å²) in [5.74, 6) is -0.459. The van der Waals surface area contributed by atoms with Gasteiger partial charge in [0.25, 0.3) is 17.3 Å². The van der Waals surface area contributed by atoms with E-state index in [0.717, 1.165) is 23.8 Å². The fourth-order valence-electron chi connectivity index (χ4n) is 3.13. The summed E-state index contributed by atoms with van der Waals surface area (Å²) in [6.07, 6.45) is 0.712. The number of nitro groups is 2. The molecule has 1 atom stereocenters. The molecule has 1 amide bonds. The van der Waals surface area contributed by atoms with Gasteiger partial charge in [-0.3, -0.25) is 25.0 Å². The first-order chi connectivity index (χ1) is 13.3. The van der Waals surface area contributed by atoms with E-state index < -0.39 is 27.1 Å². The summed E-state index contributed by atoms with van der Waals surface area (Å²) in [6, 6.07) is 10.5. The summed E-state index contributed by atoms with van der Waals surface area (Å²) >= 11 is 5.97. The molecule has 1 heterocycles. The van der Waals surface area contributed by atoms with Gasteiger partial charge in [0.05, 0.1) is 21.5 Å². The molecule has 1 N–H and O–H groups in total. The number of non-ortho nitro benzene ring substituents is 2. The van der Waals surface area contributed by atoms with Crippen LogP contribution in [0, 0.1) is 20.2 Å². The van der Waals surface area contributed by atoms with Crippen LogP contribution in [-0.4, -0.2) is 39.8 Å². The molecule has 0 saturated carbocycles. The maximum Gasteiger partial charge on any atom is 0.277 e. The largest absolute Gasteiger partial charge is 0.337 e. The smallest absolute Gasteiger partial charge is 0.277 e. The number of nitro benzene ring substituents is 2. The van der Waals surface area contributed by atoms with E-state index in [1.165, 1.54) is 0 Å². The quantitative estimate of drug-likeness (QED) is 0.583. The van der Waals surface area contributed by atoms with Crippen LogP contribution in [0.15, 0.2) is 42.5 Å². The lowest BCUT2D eigenvalue weighted by atomic mass is 10.1. The highest BCUT2D eigenvalue weighted by atomic mass is 35.5. The Morgan fingerprint density at radius 2 is 1.82 bits per heavy atom. The van der Waals surface area contributed by atoms with Gasteiger partial charge in [-0.1, -0.05) is 23.7 Å². The lowest BCUT2D eigenvalue weighted by Crippen LogP contribution is -2.34. The number of hydrogen-bond donors (Lipinski definition) is 1. The van der Waals surface area contributed by atoms with Crippen molar-refractivity contribution in [3.63, 3.8) is 0 Å². The Labute approximate surface area is 165 Å². The number of likely N-dealkylation sites (tertiary alicyclic amines) is 1. The second kappa shape index (κ2) is 8.32. The van der Waals surface area contributed by atoms with Gasteiger partial charge in [-0.05, 0) is 24.1 Å². The zero-order valence-corrected chi connectivity index (χ0v) is 15.5. The first kappa shape index (κ1) is 19.7. The van der Waals surface area contributed by atoms with Crippen molar-refractivity contribution >= 4 is 28.9 Å². The number of amides is 1. The van der Waals surface area contributed by atoms with Crippen molar-refractivity contribution in [3.05, 3.63) is 78.8 Å². The highest BCUT2D eigenvalue weighted by Gasteiger charge is 2.29. The normalized spacial score (nSPS) is 16.2. The molecule has 1 aliphatic heterocycles. The standard InChI is InChI=1S/C18H17ClN4O5/c19-14-3-1-2-12(6-14)10-20-15-4-5-21(11-15)18(24)13-7-16(22(25)26)9-17(8-13)23(27)28/h1-3,6-9,15,20H,4-5,10-11H2/t15-/m1/s1. The molecule has 0 unspecified atom stereocenters. The van der Waals surface area contributed by atoms with Gasteiger partial charge in [-0.2, -0.15) is 0 Å². The monoisotopic (exact) mass is 404 g/mol. The molecule has 2 aromatic rings. The van der Waals surface area contributed by atoms with E-state index in [-0.39, 0.29) is 11.6 Å². The van der Waals surface area contributed by atoms with Crippen LogP contribution in [0.2, 0.25) is 5.02 Å². The van der Waals surface area contributed by atoms with Crippen molar-refractivity contribution in [2.24, 2.45) is 0 Å². The number of nitrogens with one attached hydrogen (secondary N) is 1. The van der Waals surface area contributed by atoms with Gasteiger partial charge in [-0.15, -0.1) is 0 Å². The fourth-order valence-corrected chi connectivity index (χ4v) is 3.35. The lowest BCUT2D eigenvalue weighted by Gasteiger charge is -2.17. The van der Waals surface area contributed by atoms with Crippen LogP contribution in [0.4, 0.5) is 11.4 Å². The SMILES string of the molecule is O=C(c1cc([N+](=O)[O-])cc([N+](=O)[O-])c1)N1CC[C@@H](NCc2cccc(Cl)c2)C1. The van der Waals surface area contributed by atoms with Crippen LogP contribution >= 0.6 is 11.6 Å². The third-order valence-electron chi connectivity index (χ3n) is 4.53. The highest BCUT2D eigenvalue weighted by molar-refractivity contribution is 6.30. The average Bonchev–Trinajstić information content (AvgIpc) is 3.14. The summed E-state index contributed by atoms with van der Waals surface area (Å²) in [7, 11) is 0. The number of hydrogen-bond acceptors (Lipinski definition) is 6. The van der Waals surface area contributed by atoms with E-state index in [1.807, 2.05) is 18.2 Å². The molecule has 0 aromatic heterocycles. The summed E-state index contributed by atoms with van der Waals surface area (Å²) < 4.78 is 0. The molecule has 146 valence electrons. The highest BCUT2D eigenvalue weighted by Crippen LogP contribution is 2.25. The van der Waals surface area contributed by atoms with Crippen molar-refractivity contribution in [1.29, 1.82) is 0 Å². The lowest BCUT2D eigenvalue weighted by molar-refractivity contribution is -0.394. The summed E-state index contributed by atoms with van der Waals surface area (Å²) in [5, 5.41) is 26.0. The minimum absolute atomic E-state index is 0.0524. The summed E-state index contributed by atoms with van der Waals surface area (Å²) in [6.45, 7) is 1.47. The van der Waals surface area contributed by atoms with Gasteiger partial charge < -0.3 is 10.2 Å². The van der Waals surface area contributed by atoms with Gasteiger partial charge in [0.2, 0.25) is 0 Å². The van der Waals surface area contributed by atoms with E-state index in [4.69, 9.17) is 11.6 Å². The molecular weight excluding hydrogens is 388 g/mol. The molecule has 3 rings (SSSR count). The number of carbonyl (C=O) groups excluding carboxylic acids is 1. The van der Waals surface area contributed by atoms with Gasteiger partial charge in [0.15, 0.2) is 0 Å². The van der Waals surface area contributed by atoms with E-state index in [2.05, 4.69) is 5.32 Å². The number of halogens is 1. The van der Waals surface area contributed by atoms with E-state index in [1.54, 1.807) is 11.0 Å². The Morgan fingerprint density at radius 1 is 1.14 bits per heavy atom. The Bertz CT molecular complexity index is 904. The molecule has 9 nitrogen and oxygen atoms in total. The van der Waals surface area contributed by atoms with Crippen molar-refractivity contribution < 1.29 is 14.6 Å². The molecule has 1 fully saturated rings. The van der Waals surface area contributed by atoms with Crippen LogP contribution in [0.5, 0.6) is 0 Å². The van der Waals surface area contributed by atoms with Crippen molar-refractivity contribution in [2.75, 3.05) is 13.1 Å². The van der Waals surface area contributed by atoms with Gasteiger partial charge >= 0.3 is 0 Å². The Kier molecular flexibility index (Phi) is 5.86. The zero-order valence-electron chi connectivity index (χ0n) is 14.7. The van der Waals surface area contributed by atoms with E-state index >= 15 is 0 Å². The molecule has 0 aliphatic carbocycles. The minimum atomic E-state index is -0.747. The average molecular weight is 405 g/mol. The van der Waals surface area contributed by atoms with E-state index in [0.29, 0.717) is 31.1 Å². The molecule has 10 heteroatoms. The van der Waals surface area contributed by atoms with Crippen LogP contribution in [0.25, 0.3) is 0 Å². The molecule has 1 saturated heterocycles. The Balaban J connectivity index is 1.67. The molecular formula is C18H17ClN4O5. The summed E-state index contributed by atoms with van der Waals surface area (Å²) in [5.41, 5.74) is 0.00253.